The number of hydrogen-bond donors (Lipinski definition) is 0. The molecule has 128 valence electrons. The molecule has 5 nitrogen and oxygen atoms in total. The number of likely N-dealkylation sites (tertiary alicyclic amines) is 2. The Kier molecular flexibility index (Phi) is 4.67. The van der Waals surface area contributed by atoms with Gasteiger partial charge in [0.1, 0.15) is 11.6 Å². The predicted molar refractivity (Wildman–Crippen MR) is 91.3 cm³/mol. The molecule has 1 aromatic rings. The molecule has 1 saturated carbocycles. The fourth-order valence-corrected chi connectivity index (χ4v) is 4.23. The van der Waals surface area contributed by atoms with Gasteiger partial charge >= 0.3 is 0 Å². The third-order valence-corrected chi connectivity index (χ3v) is 5.98. The molecule has 0 bridgehead atoms. The molecule has 0 unspecified atom stereocenters. The Hall–Kier alpha value is -0.940. The van der Waals surface area contributed by atoms with Crippen LogP contribution in [0.15, 0.2) is 0 Å². The quantitative estimate of drug-likeness (QED) is 0.836. The van der Waals surface area contributed by atoms with E-state index in [1.807, 2.05) is 0 Å². The Morgan fingerprint density at radius 2 is 1.61 bits per heavy atom. The van der Waals surface area contributed by atoms with Gasteiger partial charge in [-0.05, 0) is 70.6 Å². The fraction of sp³-hybridized carbons (Fsp3) is 0.889. The van der Waals surface area contributed by atoms with Gasteiger partial charge in [0, 0.05) is 19.5 Å². The lowest BCUT2D eigenvalue weighted by atomic mass is 9.95. The minimum Gasteiger partial charge on any atom is -0.317 e. The van der Waals surface area contributed by atoms with Crippen LogP contribution >= 0.6 is 0 Å². The zero-order chi connectivity index (χ0) is 15.6. The lowest BCUT2D eigenvalue weighted by molar-refractivity contribution is 0.199. The van der Waals surface area contributed by atoms with Gasteiger partial charge in [0.25, 0.3) is 0 Å². The first-order chi connectivity index (χ1) is 11.3. The average molecular weight is 317 g/mol. The van der Waals surface area contributed by atoms with E-state index >= 15 is 0 Å². The summed E-state index contributed by atoms with van der Waals surface area (Å²) in [7, 11) is 2.17. The van der Waals surface area contributed by atoms with E-state index in [-0.39, 0.29) is 0 Å². The second-order valence-corrected chi connectivity index (χ2v) is 7.89. The van der Waals surface area contributed by atoms with Crippen LogP contribution in [0.1, 0.15) is 62.5 Å². The minimum atomic E-state index is 0.609. The second kappa shape index (κ2) is 6.89. The Morgan fingerprint density at radius 3 is 2.30 bits per heavy atom. The van der Waals surface area contributed by atoms with E-state index in [1.165, 1.54) is 83.5 Å². The summed E-state index contributed by atoms with van der Waals surface area (Å²) in [6, 6.07) is 0. The molecule has 23 heavy (non-hydrogen) atoms. The summed E-state index contributed by atoms with van der Waals surface area (Å²) in [5.41, 5.74) is 0. The van der Waals surface area contributed by atoms with Gasteiger partial charge in [-0.2, -0.15) is 0 Å². The molecule has 2 aliphatic heterocycles. The monoisotopic (exact) mass is 317 g/mol. The molecule has 0 radical (unpaired) electrons. The normalized spacial score (nSPS) is 25.1. The van der Waals surface area contributed by atoms with Crippen molar-refractivity contribution in [1.82, 2.24) is 24.6 Å². The Morgan fingerprint density at radius 1 is 0.870 bits per heavy atom. The van der Waals surface area contributed by atoms with Gasteiger partial charge in [-0.15, -0.1) is 10.2 Å². The predicted octanol–water partition coefficient (Wildman–Crippen LogP) is 2.39. The van der Waals surface area contributed by atoms with Crippen LogP contribution in [-0.2, 0) is 13.6 Å². The molecule has 3 heterocycles. The van der Waals surface area contributed by atoms with Crippen LogP contribution in [0.5, 0.6) is 0 Å². The molecular weight excluding hydrogens is 286 g/mol. The topological polar surface area (TPSA) is 37.2 Å². The number of hydrogen-bond acceptors (Lipinski definition) is 4. The molecule has 0 N–H and O–H groups in total. The van der Waals surface area contributed by atoms with Crippen LogP contribution in [0.4, 0.5) is 0 Å². The number of piperidine rings is 2. The second-order valence-electron chi connectivity index (χ2n) is 7.89. The van der Waals surface area contributed by atoms with E-state index in [0.29, 0.717) is 5.92 Å². The molecule has 4 rings (SSSR count). The van der Waals surface area contributed by atoms with Gasteiger partial charge in [0.2, 0.25) is 0 Å². The first-order valence-corrected chi connectivity index (χ1v) is 9.62. The summed E-state index contributed by atoms with van der Waals surface area (Å²) in [4.78, 5) is 5.20. The molecule has 1 aliphatic carbocycles. The number of aromatic nitrogens is 3. The van der Waals surface area contributed by atoms with E-state index in [2.05, 4.69) is 31.6 Å². The highest BCUT2D eigenvalue weighted by Crippen LogP contribution is 2.33. The zero-order valence-electron chi connectivity index (χ0n) is 14.6. The SMILES string of the molecule is Cn1c(CN2CCCCC2)nnc1C1CCN(CC2CC2)CC1. The van der Waals surface area contributed by atoms with Crippen molar-refractivity contribution in [1.29, 1.82) is 0 Å². The van der Waals surface area contributed by atoms with Crippen molar-refractivity contribution in [2.75, 3.05) is 32.7 Å². The van der Waals surface area contributed by atoms with Crippen molar-refractivity contribution in [2.45, 2.75) is 57.4 Å². The van der Waals surface area contributed by atoms with Crippen molar-refractivity contribution < 1.29 is 0 Å². The summed E-state index contributed by atoms with van der Waals surface area (Å²) in [5, 5.41) is 9.09. The van der Waals surface area contributed by atoms with Gasteiger partial charge in [-0.25, -0.2) is 0 Å². The third kappa shape index (κ3) is 3.77. The summed E-state index contributed by atoms with van der Waals surface area (Å²) in [6.45, 7) is 7.25. The van der Waals surface area contributed by atoms with E-state index in [4.69, 9.17) is 0 Å². The molecule has 0 amide bonds. The van der Waals surface area contributed by atoms with Crippen LogP contribution in [0, 0.1) is 5.92 Å². The molecule has 3 fully saturated rings. The van der Waals surface area contributed by atoms with Gasteiger partial charge in [0.15, 0.2) is 0 Å². The van der Waals surface area contributed by atoms with Crippen LogP contribution in [0.3, 0.4) is 0 Å². The van der Waals surface area contributed by atoms with E-state index in [0.717, 1.165) is 18.3 Å². The highest BCUT2D eigenvalue weighted by Gasteiger charge is 2.29. The van der Waals surface area contributed by atoms with Crippen molar-refractivity contribution in [3.8, 4) is 0 Å². The Balaban J connectivity index is 1.34. The smallest absolute Gasteiger partial charge is 0.146 e. The molecule has 0 atom stereocenters. The standard InChI is InChI=1S/C18H31N5/c1-21-17(14-22-9-3-2-4-10-22)19-20-18(21)16-7-11-23(12-8-16)13-15-5-6-15/h15-16H,2-14H2,1H3. The van der Waals surface area contributed by atoms with Crippen LogP contribution in [0.25, 0.3) is 0 Å². The minimum absolute atomic E-state index is 0.609. The Bertz CT molecular complexity index is 507. The third-order valence-electron chi connectivity index (χ3n) is 5.98. The summed E-state index contributed by atoms with van der Waals surface area (Å²) in [5.74, 6) is 4.00. The molecule has 2 saturated heterocycles. The number of rotatable bonds is 5. The lowest BCUT2D eigenvalue weighted by Gasteiger charge is -2.31. The molecule has 0 aromatic carbocycles. The van der Waals surface area contributed by atoms with Crippen LogP contribution < -0.4 is 0 Å². The highest BCUT2D eigenvalue weighted by atomic mass is 15.3. The first kappa shape index (κ1) is 15.6. The van der Waals surface area contributed by atoms with Gasteiger partial charge < -0.3 is 9.47 Å². The van der Waals surface area contributed by atoms with Crippen molar-refractivity contribution in [3.05, 3.63) is 11.6 Å². The van der Waals surface area contributed by atoms with E-state index in [1.54, 1.807) is 0 Å². The fourth-order valence-electron chi connectivity index (χ4n) is 4.23. The van der Waals surface area contributed by atoms with Crippen LogP contribution in [0.2, 0.25) is 0 Å². The largest absolute Gasteiger partial charge is 0.317 e. The molecular formula is C18H31N5. The summed E-state index contributed by atoms with van der Waals surface area (Å²) in [6.07, 6.45) is 9.49. The van der Waals surface area contributed by atoms with Gasteiger partial charge in [0.05, 0.1) is 6.54 Å². The molecule has 1 aromatic heterocycles. The average Bonchev–Trinajstić information content (AvgIpc) is 3.33. The zero-order valence-corrected chi connectivity index (χ0v) is 14.6. The van der Waals surface area contributed by atoms with Crippen molar-refractivity contribution in [2.24, 2.45) is 13.0 Å². The van der Waals surface area contributed by atoms with Gasteiger partial charge in [-0.3, -0.25) is 4.90 Å². The highest BCUT2D eigenvalue weighted by molar-refractivity contribution is 5.03. The van der Waals surface area contributed by atoms with Crippen molar-refractivity contribution >= 4 is 0 Å². The van der Waals surface area contributed by atoms with Crippen LogP contribution in [-0.4, -0.2) is 57.3 Å². The maximum atomic E-state index is 4.57. The molecule has 3 aliphatic rings. The number of nitrogens with zero attached hydrogens (tertiary/aromatic N) is 5. The van der Waals surface area contributed by atoms with E-state index in [9.17, 15) is 0 Å². The lowest BCUT2D eigenvalue weighted by Crippen LogP contribution is -2.35. The maximum absolute atomic E-state index is 4.57. The first-order valence-electron chi connectivity index (χ1n) is 9.62. The Labute approximate surface area is 140 Å². The molecule has 0 spiro atoms. The molecule has 5 heteroatoms. The maximum Gasteiger partial charge on any atom is 0.146 e. The summed E-state index contributed by atoms with van der Waals surface area (Å²) < 4.78 is 2.29. The van der Waals surface area contributed by atoms with Crippen molar-refractivity contribution in [3.63, 3.8) is 0 Å². The van der Waals surface area contributed by atoms with E-state index < -0.39 is 0 Å². The van der Waals surface area contributed by atoms with Gasteiger partial charge in [-0.1, -0.05) is 6.42 Å². The summed E-state index contributed by atoms with van der Waals surface area (Å²) >= 11 is 0.